The van der Waals surface area contributed by atoms with Gasteiger partial charge in [-0.15, -0.1) is 11.3 Å². The zero-order valence-corrected chi connectivity index (χ0v) is 13.5. The van der Waals surface area contributed by atoms with Crippen molar-refractivity contribution in [3.05, 3.63) is 17.0 Å². The fourth-order valence-corrected chi connectivity index (χ4v) is 2.06. The molecule has 0 spiro atoms. The summed E-state index contributed by atoms with van der Waals surface area (Å²) in [6.45, 7) is 7.45. The number of anilines is 1. The van der Waals surface area contributed by atoms with Crippen LogP contribution in [0.1, 0.15) is 39.7 Å². The lowest BCUT2D eigenvalue weighted by molar-refractivity contribution is -0.118. The highest BCUT2D eigenvalue weighted by atomic mass is 32.1. The molecule has 0 unspecified atom stereocenters. The molecule has 0 aliphatic heterocycles. The van der Waals surface area contributed by atoms with Crippen molar-refractivity contribution in [2.75, 3.05) is 11.9 Å². The van der Waals surface area contributed by atoms with Gasteiger partial charge in [0.2, 0.25) is 5.91 Å². The molecule has 0 saturated heterocycles. The zero-order chi connectivity index (χ0) is 15.9. The summed E-state index contributed by atoms with van der Waals surface area (Å²) in [6.07, 6.45) is 0.110. The average Bonchev–Trinajstić information content (AvgIpc) is 2.73. The van der Waals surface area contributed by atoms with Gasteiger partial charge in [-0.3, -0.25) is 10.1 Å². The van der Waals surface area contributed by atoms with Crippen LogP contribution in [0.5, 0.6) is 0 Å². The van der Waals surface area contributed by atoms with Gasteiger partial charge in [-0.2, -0.15) is 0 Å². The largest absolute Gasteiger partial charge is 0.444 e. The molecule has 0 fully saturated rings. The summed E-state index contributed by atoms with van der Waals surface area (Å²) in [4.78, 5) is 22.3. The smallest absolute Gasteiger partial charge is 0.412 e. The van der Waals surface area contributed by atoms with E-state index in [-0.39, 0.29) is 5.91 Å². The van der Waals surface area contributed by atoms with Crippen LogP contribution >= 0.6 is 11.3 Å². The van der Waals surface area contributed by atoms with Crippen molar-refractivity contribution >= 4 is 28.3 Å². The maximum absolute atomic E-state index is 11.6. The highest BCUT2D eigenvalue weighted by molar-refractivity contribution is 7.14. The zero-order valence-electron chi connectivity index (χ0n) is 12.7. The third kappa shape index (κ3) is 8.00. The van der Waals surface area contributed by atoms with E-state index in [9.17, 15) is 9.59 Å². The van der Waals surface area contributed by atoms with Gasteiger partial charge >= 0.3 is 6.09 Å². The highest BCUT2D eigenvalue weighted by Gasteiger charge is 2.16. The molecule has 6 heteroatoms. The van der Waals surface area contributed by atoms with E-state index in [2.05, 4.69) is 22.5 Å². The first kappa shape index (κ1) is 17.1. The van der Waals surface area contributed by atoms with E-state index in [4.69, 9.17) is 4.74 Å². The number of carbonyl (C=O) groups is 2. The van der Waals surface area contributed by atoms with Crippen molar-refractivity contribution in [1.82, 2.24) is 5.32 Å². The monoisotopic (exact) mass is 308 g/mol. The minimum absolute atomic E-state index is 0.0591. The van der Waals surface area contributed by atoms with Gasteiger partial charge in [0.15, 0.2) is 0 Å². The lowest BCUT2D eigenvalue weighted by atomic mass is 10.2. The van der Waals surface area contributed by atoms with Crippen LogP contribution in [-0.4, -0.2) is 24.1 Å². The van der Waals surface area contributed by atoms with Crippen LogP contribution in [-0.2, 0) is 9.53 Å². The molecule has 0 radical (unpaired) electrons. The Morgan fingerprint density at radius 2 is 2.10 bits per heavy atom. The molecule has 21 heavy (non-hydrogen) atoms. The summed E-state index contributed by atoms with van der Waals surface area (Å²) in [5.74, 6) is 5.88. The molecule has 0 bridgehead atoms. The Labute approximate surface area is 129 Å². The number of amides is 2. The Bertz CT molecular complexity index is 561. The van der Waals surface area contributed by atoms with Gasteiger partial charge in [-0.1, -0.05) is 11.8 Å². The molecule has 0 aromatic carbocycles. The van der Waals surface area contributed by atoms with Crippen molar-refractivity contribution in [3.8, 4) is 11.8 Å². The van der Waals surface area contributed by atoms with Gasteiger partial charge in [0.25, 0.3) is 0 Å². The van der Waals surface area contributed by atoms with Crippen LogP contribution in [0.2, 0.25) is 0 Å². The van der Waals surface area contributed by atoms with E-state index >= 15 is 0 Å². The van der Waals surface area contributed by atoms with Crippen molar-refractivity contribution in [2.24, 2.45) is 0 Å². The molecule has 1 aromatic rings. The number of rotatable bonds is 3. The molecular formula is C15H20N2O3S. The second kappa shape index (κ2) is 7.70. The molecule has 0 saturated carbocycles. The molecule has 2 amide bonds. The van der Waals surface area contributed by atoms with Crippen LogP contribution in [0.15, 0.2) is 11.4 Å². The number of hydrogen-bond donors (Lipinski definition) is 2. The second-order valence-electron chi connectivity index (χ2n) is 5.36. The predicted molar refractivity (Wildman–Crippen MR) is 84.4 cm³/mol. The second-order valence-corrected chi connectivity index (χ2v) is 6.27. The third-order valence-corrected chi connectivity index (χ3v) is 2.93. The van der Waals surface area contributed by atoms with E-state index in [0.29, 0.717) is 18.0 Å². The van der Waals surface area contributed by atoms with Crippen LogP contribution in [0.3, 0.4) is 0 Å². The average molecular weight is 308 g/mol. The van der Waals surface area contributed by atoms with Crippen LogP contribution in [0, 0.1) is 11.8 Å². The topological polar surface area (TPSA) is 67.4 Å². The minimum Gasteiger partial charge on any atom is -0.444 e. The summed E-state index contributed by atoms with van der Waals surface area (Å²) in [7, 11) is 0. The van der Waals surface area contributed by atoms with E-state index in [1.807, 2.05) is 26.2 Å². The normalized spacial score (nSPS) is 10.3. The summed E-state index contributed by atoms with van der Waals surface area (Å²) in [6, 6.07) is 1.79. The summed E-state index contributed by atoms with van der Waals surface area (Å²) >= 11 is 1.39. The molecule has 5 nitrogen and oxygen atoms in total. The molecule has 0 aliphatic carbocycles. The first-order valence-corrected chi connectivity index (χ1v) is 7.46. The molecule has 2 N–H and O–H groups in total. The lowest BCUT2D eigenvalue weighted by Crippen LogP contribution is -2.26. The number of nitrogens with one attached hydrogen (secondary N) is 2. The molecular weight excluding hydrogens is 288 g/mol. The molecule has 0 atom stereocenters. The van der Waals surface area contributed by atoms with Gasteiger partial charge in [0.05, 0.1) is 5.00 Å². The fraction of sp³-hybridized carbons (Fsp3) is 0.467. The van der Waals surface area contributed by atoms with Crippen LogP contribution in [0.25, 0.3) is 0 Å². The summed E-state index contributed by atoms with van der Waals surface area (Å²) in [5, 5.41) is 7.89. The number of ether oxygens (including phenoxy) is 1. The standard InChI is InChI=1S/C15H20N2O3S/c1-11(18)16-8-6-5-7-12-9-13(21-10-12)17-14(19)20-15(2,3)4/h9-10H,6,8H2,1-4H3,(H,16,18)(H,17,19). The van der Waals surface area contributed by atoms with Gasteiger partial charge < -0.3 is 10.1 Å². The quantitative estimate of drug-likeness (QED) is 0.666. The molecule has 114 valence electrons. The van der Waals surface area contributed by atoms with Crippen LogP contribution < -0.4 is 10.6 Å². The Balaban J connectivity index is 2.45. The fourth-order valence-electron chi connectivity index (χ4n) is 1.34. The van der Waals surface area contributed by atoms with E-state index in [1.165, 1.54) is 18.3 Å². The Kier molecular flexibility index (Phi) is 6.25. The van der Waals surface area contributed by atoms with Crippen molar-refractivity contribution in [2.45, 2.75) is 39.7 Å². The van der Waals surface area contributed by atoms with Crippen LogP contribution in [0.4, 0.5) is 9.80 Å². The molecule has 0 aliphatic rings. The Morgan fingerprint density at radius 1 is 1.38 bits per heavy atom. The Hall–Kier alpha value is -2.00. The Morgan fingerprint density at radius 3 is 2.71 bits per heavy atom. The van der Waals surface area contributed by atoms with E-state index < -0.39 is 11.7 Å². The minimum atomic E-state index is -0.520. The van der Waals surface area contributed by atoms with Gasteiger partial charge in [0.1, 0.15) is 5.60 Å². The molecule has 1 rings (SSSR count). The first-order valence-electron chi connectivity index (χ1n) is 6.58. The first-order chi connectivity index (χ1) is 9.76. The van der Waals surface area contributed by atoms with Gasteiger partial charge in [-0.05, 0) is 26.8 Å². The van der Waals surface area contributed by atoms with Crippen molar-refractivity contribution in [1.29, 1.82) is 0 Å². The van der Waals surface area contributed by atoms with Crippen molar-refractivity contribution < 1.29 is 14.3 Å². The molecule has 1 aromatic heterocycles. The number of carbonyl (C=O) groups excluding carboxylic acids is 2. The number of hydrogen-bond acceptors (Lipinski definition) is 4. The SMILES string of the molecule is CC(=O)NCCC#Cc1csc(NC(=O)OC(C)(C)C)c1. The predicted octanol–water partition coefficient (Wildman–Crippen LogP) is 2.97. The van der Waals surface area contributed by atoms with Crippen molar-refractivity contribution in [3.63, 3.8) is 0 Å². The maximum Gasteiger partial charge on any atom is 0.412 e. The highest BCUT2D eigenvalue weighted by Crippen LogP contribution is 2.20. The molecule has 1 heterocycles. The van der Waals surface area contributed by atoms with Gasteiger partial charge in [-0.25, -0.2) is 4.79 Å². The third-order valence-electron chi connectivity index (χ3n) is 2.08. The number of thiophene rings is 1. The lowest BCUT2D eigenvalue weighted by Gasteiger charge is -2.19. The van der Waals surface area contributed by atoms with E-state index in [1.54, 1.807) is 6.07 Å². The van der Waals surface area contributed by atoms with E-state index in [0.717, 1.165) is 5.56 Å². The maximum atomic E-state index is 11.6. The van der Waals surface area contributed by atoms with Gasteiger partial charge in [0, 0.05) is 30.8 Å². The summed E-state index contributed by atoms with van der Waals surface area (Å²) in [5.41, 5.74) is 0.308. The summed E-state index contributed by atoms with van der Waals surface area (Å²) < 4.78 is 5.17.